The van der Waals surface area contributed by atoms with Crippen LogP contribution in [-0.4, -0.2) is 22.7 Å². The van der Waals surface area contributed by atoms with Gasteiger partial charge >= 0.3 is 5.97 Å². The molecule has 0 radical (unpaired) electrons. The molecule has 0 spiro atoms. The van der Waals surface area contributed by atoms with E-state index in [0.29, 0.717) is 16.2 Å². The van der Waals surface area contributed by atoms with Crippen molar-refractivity contribution < 1.29 is 9.53 Å². The maximum atomic E-state index is 11.7. The van der Waals surface area contributed by atoms with Crippen LogP contribution in [0.4, 0.5) is 0 Å². The fourth-order valence-corrected chi connectivity index (χ4v) is 2.89. The first-order valence-electron chi connectivity index (χ1n) is 4.26. The van der Waals surface area contributed by atoms with Crippen molar-refractivity contribution in [2.45, 2.75) is 6.10 Å². The second kappa shape index (κ2) is 6.85. The van der Waals surface area contributed by atoms with Gasteiger partial charge < -0.3 is 4.74 Å². The lowest BCUT2D eigenvalue weighted by molar-refractivity contribution is 0.0396. The van der Waals surface area contributed by atoms with Crippen LogP contribution in [0.5, 0.6) is 0 Å². The summed E-state index contributed by atoms with van der Waals surface area (Å²) in [6.45, 7) is 0. The van der Waals surface area contributed by atoms with Crippen molar-refractivity contribution in [3.63, 3.8) is 0 Å². The molecule has 82 valence electrons. The number of esters is 1. The van der Waals surface area contributed by atoms with Crippen molar-refractivity contribution >= 4 is 60.4 Å². The molecule has 0 unspecified atom stereocenters. The van der Waals surface area contributed by atoms with Crippen LogP contribution in [0.2, 0.25) is 0 Å². The van der Waals surface area contributed by atoms with Crippen molar-refractivity contribution in [3.8, 4) is 0 Å². The molecule has 1 aromatic carbocycles. The maximum absolute atomic E-state index is 11.7. The van der Waals surface area contributed by atoms with Crippen LogP contribution in [0, 0.1) is 3.57 Å². The topological polar surface area (TPSA) is 26.3 Å². The minimum absolute atomic E-state index is 0.131. The number of halogens is 3. The third kappa shape index (κ3) is 4.03. The zero-order chi connectivity index (χ0) is 11.3. The van der Waals surface area contributed by atoms with Crippen LogP contribution in [0.1, 0.15) is 10.4 Å². The summed E-state index contributed by atoms with van der Waals surface area (Å²) in [7, 11) is 0. The van der Waals surface area contributed by atoms with Crippen molar-refractivity contribution in [2.75, 3.05) is 10.7 Å². The molecule has 2 nitrogen and oxygen atoms in total. The minimum Gasteiger partial charge on any atom is -0.457 e. The molecule has 0 aliphatic rings. The van der Waals surface area contributed by atoms with Gasteiger partial charge in [-0.05, 0) is 34.7 Å². The van der Waals surface area contributed by atoms with Crippen molar-refractivity contribution in [3.05, 3.63) is 33.4 Å². The Hall–Kier alpha value is 0.380. The Morgan fingerprint density at radius 3 is 2.47 bits per heavy atom. The summed E-state index contributed by atoms with van der Waals surface area (Å²) in [4.78, 5) is 11.7. The van der Waals surface area contributed by atoms with Crippen LogP contribution >= 0.6 is 54.5 Å². The van der Waals surface area contributed by atoms with Crippen molar-refractivity contribution in [1.82, 2.24) is 0 Å². The molecule has 0 fully saturated rings. The van der Waals surface area contributed by atoms with Crippen molar-refractivity contribution in [1.29, 1.82) is 0 Å². The summed E-state index contributed by atoms with van der Waals surface area (Å²) in [5, 5.41) is 1.26. The Morgan fingerprint density at radius 1 is 1.33 bits per heavy atom. The van der Waals surface area contributed by atoms with E-state index in [1.165, 1.54) is 0 Å². The number of ether oxygens (including phenoxy) is 1. The molecular weight excluding hydrogens is 439 g/mol. The van der Waals surface area contributed by atoms with E-state index >= 15 is 0 Å². The Labute approximate surface area is 119 Å². The van der Waals surface area contributed by atoms with Gasteiger partial charge in [0.1, 0.15) is 6.10 Å². The van der Waals surface area contributed by atoms with Crippen LogP contribution in [0.3, 0.4) is 0 Å². The highest BCUT2D eigenvalue weighted by Crippen LogP contribution is 2.14. The number of hydrogen-bond donors (Lipinski definition) is 0. The first kappa shape index (κ1) is 13.4. The molecular formula is C10H9Br2IO2. The monoisotopic (exact) mass is 446 g/mol. The third-order valence-corrected chi connectivity index (χ3v) is 4.10. The summed E-state index contributed by atoms with van der Waals surface area (Å²) in [5.74, 6) is -0.274. The first-order valence-corrected chi connectivity index (χ1v) is 7.58. The minimum atomic E-state index is -0.274. The predicted molar refractivity (Wildman–Crippen MR) is 76.0 cm³/mol. The fraction of sp³-hybridized carbons (Fsp3) is 0.300. The molecule has 0 saturated heterocycles. The summed E-state index contributed by atoms with van der Waals surface area (Å²) in [5.41, 5.74) is 0.616. The number of carbonyl (C=O) groups excluding carboxylic acids is 1. The smallest absolute Gasteiger partial charge is 0.339 e. The van der Waals surface area contributed by atoms with Gasteiger partial charge in [-0.25, -0.2) is 4.79 Å². The number of carbonyl (C=O) groups is 1. The number of rotatable bonds is 4. The van der Waals surface area contributed by atoms with Gasteiger partial charge in [0.25, 0.3) is 0 Å². The van der Waals surface area contributed by atoms with Gasteiger partial charge in [-0.2, -0.15) is 0 Å². The summed E-state index contributed by atoms with van der Waals surface area (Å²) < 4.78 is 6.18. The van der Waals surface area contributed by atoms with Crippen LogP contribution in [-0.2, 0) is 4.74 Å². The zero-order valence-electron chi connectivity index (χ0n) is 7.75. The van der Waals surface area contributed by atoms with Crippen LogP contribution in [0.15, 0.2) is 24.3 Å². The second-order valence-electron chi connectivity index (χ2n) is 2.82. The summed E-state index contributed by atoms with van der Waals surface area (Å²) >= 11 is 8.70. The van der Waals surface area contributed by atoms with Crippen LogP contribution < -0.4 is 0 Å². The molecule has 0 saturated carbocycles. The second-order valence-corrected chi connectivity index (χ2v) is 5.27. The Kier molecular flexibility index (Phi) is 6.14. The SMILES string of the molecule is O=C(OC(CBr)CBr)c1ccccc1I. The van der Waals surface area contributed by atoms with Crippen LogP contribution in [0.25, 0.3) is 0 Å². The normalized spacial score (nSPS) is 10.4. The Bertz CT molecular complexity index is 340. The van der Waals surface area contributed by atoms with Gasteiger partial charge in [0.2, 0.25) is 0 Å². The maximum Gasteiger partial charge on any atom is 0.339 e. The standard InChI is InChI=1S/C10H9Br2IO2/c11-5-7(6-12)15-10(14)8-3-1-2-4-9(8)13/h1-4,7H,5-6H2. The number of benzene rings is 1. The summed E-state index contributed by atoms with van der Waals surface area (Å²) in [6, 6.07) is 7.37. The molecule has 0 aliphatic carbocycles. The van der Waals surface area contributed by atoms with Gasteiger partial charge in [0.15, 0.2) is 0 Å². The highest BCUT2D eigenvalue weighted by molar-refractivity contribution is 14.1. The molecule has 0 N–H and O–H groups in total. The Balaban J connectivity index is 2.73. The van der Waals surface area contributed by atoms with E-state index in [1.54, 1.807) is 6.07 Å². The third-order valence-electron chi connectivity index (χ3n) is 1.71. The Morgan fingerprint density at radius 2 is 1.93 bits per heavy atom. The molecule has 0 amide bonds. The van der Waals surface area contributed by atoms with E-state index in [2.05, 4.69) is 54.5 Å². The van der Waals surface area contributed by atoms with Gasteiger partial charge in [-0.15, -0.1) is 0 Å². The number of alkyl halides is 2. The molecule has 0 atom stereocenters. The average molecular weight is 448 g/mol. The lowest BCUT2D eigenvalue weighted by atomic mass is 10.2. The van der Waals surface area contributed by atoms with E-state index in [9.17, 15) is 4.79 Å². The summed E-state index contributed by atoms with van der Waals surface area (Å²) in [6.07, 6.45) is -0.131. The molecule has 1 rings (SSSR count). The average Bonchev–Trinajstić information content (AvgIpc) is 2.26. The largest absolute Gasteiger partial charge is 0.457 e. The van der Waals surface area contributed by atoms with E-state index in [4.69, 9.17) is 4.74 Å². The van der Waals surface area contributed by atoms with Gasteiger partial charge in [-0.3, -0.25) is 0 Å². The van der Waals surface area contributed by atoms with Gasteiger partial charge in [-0.1, -0.05) is 44.0 Å². The molecule has 1 aromatic rings. The quantitative estimate of drug-likeness (QED) is 0.400. The van der Waals surface area contributed by atoms with Gasteiger partial charge in [0, 0.05) is 14.2 Å². The highest BCUT2D eigenvalue weighted by atomic mass is 127. The van der Waals surface area contributed by atoms with Crippen molar-refractivity contribution in [2.24, 2.45) is 0 Å². The molecule has 0 heterocycles. The lowest BCUT2D eigenvalue weighted by Crippen LogP contribution is -2.21. The van der Waals surface area contributed by atoms with E-state index in [0.717, 1.165) is 3.57 Å². The molecule has 5 heteroatoms. The zero-order valence-corrected chi connectivity index (χ0v) is 13.1. The number of hydrogen-bond acceptors (Lipinski definition) is 2. The lowest BCUT2D eigenvalue weighted by Gasteiger charge is -2.12. The van der Waals surface area contributed by atoms with E-state index in [-0.39, 0.29) is 12.1 Å². The predicted octanol–water partition coefficient (Wildman–Crippen LogP) is 3.61. The molecule has 15 heavy (non-hydrogen) atoms. The highest BCUT2D eigenvalue weighted by Gasteiger charge is 2.15. The molecule has 0 bridgehead atoms. The fourth-order valence-electron chi connectivity index (χ4n) is 0.946. The molecule has 0 aromatic heterocycles. The van der Waals surface area contributed by atoms with Gasteiger partial charge in [0.05, 0.1) is 5.56 Å². The molecule has 0 aliphatic heterocycles. The van der Waals surface area contributed by atoms with E-state index < -0.39 is 0 Å². The first-order chi connectivity index (χ1) is 7.19. The van der Waals surface area contributed by atoms with E-state index in [1.807, 2.05) is 18.2 Å².